The van der Waals surface area contributed by atoms with Crippen molar-refractivity contribution in [1.82, 2.24) is 10.6 Å². The molecule has 1 aliphatic carbocycles. The molecule has 1 saturated carbocycles. The van der Waals surface area contributed by atoms with E-state index in [1.807, 2.05) is 13.0 Å². The number of nitrogens with two attached hydrogens (primary N) is 3. The molecule has 0 amide bonds. The number of aliphatic hydroxyl groups is 3. The topological polar surface area (TPSA) is 200 Å². The van der Waals surface area contributed by atoms with Gasteiger partial charge >= 0.3 is 0 Å². The molecule has 0 bridgehead atoms. The first kappa shape index (κ1) is 26.7. The molecule has 3 rings (SSSR count). The van der Waals surface area contributed by atoms with Gasteiger partial charge in [-0.2, -0.15) is 0 Å². The van der Waals surface area contributed by atoms with E-state index in [1.54, 1.807) is 14.0 Å². The predicted octanol–water partition coefficient (Wildman–Crippen LogP) is -3.20. The van der Waals surface area contributed by atoms with Gasteiger partial charge < -0.3 is 62.1 Å². The van der Waals surface area contributed by atoms with Crippen molar-refractivity contribution in [3.05, 3.63) is 11.8 Å². The van der Waals surface area contributed by atoms with Crippen LogP contribution >= 0.6 is 0 Å². The van der Waals surface area contributed by atoms with Crippen LogP contribution in [-0.2, 0) is 18.9 Å². The highest BCUT2D eigenvalue weighted by atomic mass is 16.7. The summed E-state index contributed by atoms with van der Waals surface area (Å²) in [7, 11) is 1.64. The molecule has 0 aromatic rings. The van der Waals surface area contributed by atoms with Gasteiger partial charge in [-0.1, -0.05) is 6.92 Å². The largest absolute Gasteiger partial charge is 0.467 e. The van der Waals surface area contributed by atoms with Gasteiger partial charge in [0.1, 0.15) is 35.8 Å². The predicted molar refractivity (Wildman–Crippen MR) is 120 cm³/mol. The molecule has 2 fully saturated rings. The lowest BCUT2D eigenvalue weighted by Crippen LogP contribution is -2.69. The van der Waals surface area contributed by atoms with E-state index in [9.17, 15) is 15.3 Å². The van der Waals surface area contributed by atoms with E-state index >= 15 is 0 Å². The average molecular weight is 476 g/mol. The Kier molecular flexibility index (Phi) is 9.08. The number of ether oxygens (including phenoxy) is 4. The molecule has 0 aromatic heterocycles. The Bertz CT molecular complexity index is 669. The van der Waals surface area contributed by atoms with Crippen molar-refractivity contribution in [2.45, 2.75) is 93.5 Å². The lowest BCUT2D eigenvalue weighted by Gasteiger charge is -2.49. The summed E-state index contributed by atoms with van der Waals surface area (Å²) in [6, 6.07) is -1.95. The van der Waals surface area contributed by atoms with Gasteiger partial charge in [-0.05, 0) is 39.4 Å². The molecule has 0 radical (unpaired) electrons. The van der Waals surface area contributed by atoms with Gasteiger partial charge in [0.05, 0.1) is 25.2 Å². The molecule has 12 heteroatoms. The van der Waals surface area contributed by atoms with E-state index in [1.165, 1.54) is 0 Å². The van der Waals surface area contributed by atoms with Crippen LogP contribution in [0.5, 0.6) is 0 Å². The van der Waals surface area contributed by atoms with E-state index in [0.717, 1.165) is 0 Å². The SMILES string of the molecule is CCNC1CC(N)[C@@H](OC2OC(CN)=CCC2N)[C@H](O)[C@H]1OC1OC[C@](C)(O)[C@H](NC)C1O. The van der Waals surface area contributed by atoms with Crippen molar-refractivity contribution in [1.29, 1.82) is 0 Å². The normalized spacial score (nSPS) is 46.5. The summed E-state index contributed by atoms with van der Waals surface area (Å²) in [5.41, 5.74) is 16.9. The molecule has 11 N–H and O–H groups in total. The van der Waals surface area contributed by atoms with Gasteiger partial charge in [-0.25, -0.2) is 0 Å². The molecule has 11 atom stereocenters. The van der Waals surface area contributed by atoms with Crippen molar-refractivity contribution < 1.29 is 34.3 Å². The number of rotatable bonds is 8. The fourth-order valence-electron chi connectivity index (χ4n) is 4.86. The van der Waals surface area contributed by atoms with Gasteiger partial charge in [-0.3, -0.25) is 0 Å². The first-order chi connectivity index (χ1) is 15.6. The molecule has 1 saturated heterocycles. The van der Waals surface area contributed by atoms with E-state index in [0.29, 0.717) is 25.1 Å². The third-order valence-electron chi connectivity index (χ3n) is 6.64. The Morgan fingerprint density at radius 3 is 2.48 bits per heavy atom. The van der Waals surface area contributed by atoms with Gasteiger partial charge in [0.25, 0.3) is 0 Å². The number of nitrogens with one attached hydrogen (secondary N) is 2. The third kappa shape index (κ3) is 5.85. The molecule has 192 valence electrons. The van der Waals surface area contributed by atoms with Crippen molar-refractivity contribution >= 4 is 0 Å². The van der Waals surface area contributed by atoms with Crippen LogP contribution in [0, 0.1) is 0 Å². The zero-order valence-electron chi connectivity index (χ0n) is 19.6. The van der Waals surface area contributed by atoms with Crippen LogP contribution in [0.25, 0.3) is 0 Å². The maximum Gasteiger partial charge on any atom is 0.215 e. The summed E-state index contributed by atoms with van der Waals surface area (Å²) >= 11 is 0. The summed E-state index contributed by atoms with van der Waals surface area (Å²) in [6.07, 6.45) is -3.05. The van der Waals surface area contributed by atoms with E-state index < -0.39 is 60.7 Å². The number of likely N-dealkylation sites (N-methyl/N-ethyl adjacent to an activating group) is 2. The van der Waals surface area contributed by atoms with E-state index in [2.05, 4.69) is 10.6 Å². The van der Waals surface area contributed by atoms with Crippen molar-refractivity contribution in [3.8, 4) is 0 Å². The van der Waals surface area contributed by atoms with Crippen molar-refractivity contribution in [2.24, 2.45) is 17.2 Å². The molecular formula is C21H41N5O7. The van der Waals surface area contributed by atoms with Crippen LogP contribution < -0.4 is 27.8 Å². The van der Waals surface area contributed by atoms with E-state index in [-0.39, 0.29) is 19.2 Å². The minimum absolute atomic E-state index is 0.0483. The second-order valence-electron chi connectivity index (χ2n) is 9.31. The van der Waals surface area contributed by atoms with Crippen molar-refractivity contribution in [2.75, 3.05) is 26.7 Å². The maximum absolute atomic E-state index is 11.3. The van der Waals surface area contributed by atoms with Gasteiger partial charge in [-0.15, -0.1) is 0 Å². The van der Waals surface area contributed by atoms with Crippen LogP contribution in [0.3, 0.4) is 0 Å². The lowest BCUT2D eigenvalue weighted by atomic mass is 9.83. The third-order valence-corrected chi connectivity index (χ3v) is 6.64. The first-order valence-electron chi connectivity index (χ1n) is 11.6. The number of aliphatic hydroxyl groups excluding tert-OH is 2. The summed E-state index contributed by atoms with van der Waals surface area (Å²) in [6.45, 7) is 4.30. The molecular weight excluding hydrogens is 434 g/mol. The Labute approximate surface area is 194 Å². The van der Waals surface area contributed by atoms with E-state index in [4.69, 9.17) is 36.1 Å². The highest BCUT2D eigenvalue weighted by Crippen LogP contribution is 2.31. The molecule has 0 aromatic carbocycles. The molecule has 2 heterocycles. The fraction of sp³-hybridized carbons (Fsp3) is 0.905. The first-order valence-corrected chi connectivity index (χ1v) is 11.6. The standard InChI is InChI=1S/C21H41N5O7/c1-4-26-13-7-12(24)16(32-19-11(23)6-5-10(8-22)31-19)14(27)17(13)33-20-15(28)18(25-3)21(2,29)9-30-20/h5,11-20,25-29H,4,6-9,22-24H2,1-3H3/t11?,12?,13?,14-,15?,16+,17-,18+,19?,20?,21-/m0/s1. The fourth-order valence-corrected chi connectivity index (χ4v) is 4.86. The second-order valence-corrected chi connectivity index (χ2v) is 9.31. The Morgan fingerprint density at radius 1 is 1.15 bits per heavy atom. The Hall–Kier alpha value is -0.900. The Morgan fingerprint density at radius 2 is 1.85 bits per heavy atom. The molecule has 0 spiro atoms. The monoisotopic (exact) mass is 475 g/mol. The molecule has 6 unspecified atom stereocenters. The highest BCUT2D eigenvalue weighted by molar-refractivity contribution is 5.05. The van der Waals surface area contributed by atoms with Gasteiger partial charge in [0, 0.05) is 12.1 Å². The summed E-state index contributed by atoms with van der Waals surface area (Å²) < 4.78 is 23.6. The minimum Gasteiger partial charge on any atom is -0.467 e. The molecule has 3 aliphatic rings. The average Bonchev–Trinajstić information content (AvgIpc) is 2.76. The smallest absolute Gasteiger partial charge is 0.215 e. The highest BCUT2D eigenvalue weighted by Gasteiger charge is 2.51. The minimum atomic E-state index is -1.28. The summed E-state index contributed by atoms with van der Waals surface area (Å²) in [5, 5.41) is 38.8. The molecule has 12 nitrogen and oxygen atoms in total. The second kappa shape index (κ2) is 11.2. The number of hydrogen-bond acceptors (Lipinski definition) is 12. The number of hydrogen-bond donors (Lipinski definition) is 8. The van der Waals surface area contributed by atoms with Crippen LogP contribution in [0.15, 0.2) is 11.8 Å². The Balaban J connectivity index is 1.75. The zero-order valence-corrected chi connectivity index (χ0v) is 19.6. The molecule has 33 heavy (non-hydrogen) atoms. The van der Waals surface area contributed by atoms with Gasteiger partial charge in [0.2, 0.25) is 6.29 Å². The zero-order chi connectivity index (χ0) is 24.3. The van der Waals surface area contributed by atoms with Crippen LogP contribution in [-0.4, -0.2) is 109 Å². The lowest BCUT2D eigenvalue weighted by molar-refractivity contribution is -0.304. The van der Waals surface area contributed by atoms with Crippen LogP contribution in [0.4, 0.5) is 0 Å². The maximum atomic E-state index is 11.3. The summed E-state index contributed by atoms with van der Waals surface area (Å²) in [5.74, 6) is 0.572. The summed E-state index contributed by atoms with van der Waals surface area (Å²) in [4.78, 5) is 0. The van der Waals surface area contributed by atoms with Crippen LogP contribution in [0.2, 0.25) is 0 Å². The van der Waals surface area contributed by atoms with Crippen LogP contribution in [0.1, 0.15) is 26.7 Å². The molecule has 2 aliphatic heterocycles. The van der Waals surface area contributed by atoms with Crippen molar-refractivity contribution in [3.63, 3.8) is 0 Å². The quantitative estimate of drug-likeness (QED) is 0.175. The van der Waals surface area contributed by atoms with Gasteiger partial charge in [0.15, 0.2) is 6.29 Å².